The maximum absolute atomic E-state index is 11.5. The van der Waals surface area contributed by atoms with Crippen molar-refractivity contribution in [3.05, 3.63) is 12.3 Å². The van der Waals surface area contributed by atoms with Gasteiger partial charge in [-0.15, -0.1) is 0 Å². The lowest BCUT2D eigenvalue weighted by Gasteiger charge is -2.10. The number of nitrogens with zero attached hydrogens (tertiary/aromatic N) is 1. The van der Waals surface area contributed by atoms with Gasteiger partial charge in [-0.1, -0.05) is 13.8 Å². The van der Waals surface area contributed by atoms with Crippen LogP contribution in [0.5, 0.6) is 0 Å². The summed E-state index contributed by atoms with van der Waals surface area (Å²) in [6, 6.07) is 1.72. The number of amides is 1. The first-order chi connectivity index (χ1) is 6.74. The van der Waals surface area contributed by atoms with Gasteiger partial charge in [0.1, 0.15) is 5.82 Å². The van der Waals surface area contributed by atoms with E-state index in [1.807, 2.05) is 13.8 Å². The molecule has 1 rings (SSSR count). The number of carbonyl (C=O) groups is 1. The van der Waals surface area contributed by atoms with Gasteiger partial charge < -0.3 is 10.6 Å². The first-order valence-corrected chi connectivity index (χ1v) is 4.75. The summed E-state index contributed by atoms with van der Waals surface area (Å²) in [5, 5.41) is 12.3. The first kappa shape index (κ1) is 10.7. The molecule has 3 N–H and O–H groups in total. The molecule has 78 valence electrons. The van der Waals surface area contributed by atoms with Gasteiger partial charge in [0.25, 0.3) is 0 Å². The summed E-state index contributed by atoms with van der Waals surface area (Å²) in [6.07, 6.45) is 1.60. The molecule has 0 aliphatic heterocycles. The predicted molar refractivity (Wildman–Crippen MR) is 54.9 cm³/mol. The van der Waals surface area contributed by atoms with E-state index in [2.05, 4.69) is 20.8 Å². The molecule has 14 heavy (non-hydrogen) atoms. The van der Waals surface area contributed by atoms with Gasteiger partial charge in [0.2, 0.25) is 5.91 Å². The van der Waals surface area contributed by atoms with E-state index in [1.54, 1.807) is 12.3 Å². The second kappa shape index (κ2) is 5.39. The molecular weight excluding hydrogens is 180 g/mol. The molecule has 0 bridgehead atoms. The van der Waals surface area contributed by atoms with Crippen LogP contribution in [0.2, 0.25) is 0 Å². The molecule has 1 aromatic heterocycles. The first-order valence-electron chi connectivity index (χ1n) is 4.75. The van der Waals surface area contributed by atoms with Gasteiger partial charge in [0.15, 0.2) is 0 Å². The van der Waals surface area contributed by atoms with Crippen LogP contribution in [0.1, 0.15) is 13.8 Å². The smallest absolute Gasteiger partial charge is 0.229 e. The van der Waals surface area contributed by atoms with E-state index in [0.29, 0.717) is 12.4 Å². The van der Waals surface area contributed by atoms with Crippen LogP contribution in [0.15, 0.2) is 12.3 Å². The average Bonchev–Trinajstić information content (AvgIpc) is 2.66. The molecule has 0 aliphatic rings. The number of rotatable bonds is 5. The normalized spacial score (nSPS) is 12.4. The minimum absolute atomic E-state index is 0.00444. The van der Waals surface area contributed by atoms with E-state index in [-0.39, 0.29) is 11.8 Å². The number of aromatic nitrogens is 2. The molecule has 1 unspecified atom stereocenters. The Morgan fingerprint density at radius 2 is 2.50 bits per heavy atom. The largest absolute Gasteiger partial charge is 0.316 e. The summed E-state index contributed by atoms with van der Waals surface area (Å²) in [7, 11) is 0. The lowest BCUT2D eigenvalue weighted by atomic mass is 10.1. The Morgan fingerprint density at radius 1 is 1.71 bits per heavy atom. The van der Waals surface area contributed by atoms with Gasteiger partial charge in [-0.2, -0.15) is 5.10 Å². The van der Waals surface area contributed by atoms with Crippen LogP contribution in [0.4, 0.5) is 5.82 Å². The van der Waals surface area contributed by atoms with Crippen molar-refractivity contribution in [2.24, 2.45) is 5.92 Å². The Labute approximate surface area is 83.3 Å². The average molecular weight is 196 g/mol. The molecule has 0 fully saturated rings. The fraction of sp³-hybridized carbons (Fsp3) is 0.556. The maximum atomic E-state index is 11.5. The minimum atomic E-state index is -0.0433. The molecule has 1 aromatic rings. The van der Waals surface area contributed by atoms with Crippen molar-refractivity contribution in [2.45, 2.75) is 13.8 Å². The van der Waals surface area contributed by atoms with Gasteiger partial charge >= 0.3 is 0 Å². The number of hydrogen-bond acceptors (Lipinski definition) is 3. The second-order valence-electron chi connectivity index (χ2n) is 3.17. The fourth-order valence-electron chi connectivity index (χ4n) is 1.03. The molecule has 0 radical (unpaired) electrons. The zero-order valence-corrected chi connectivity index (χ0v) is 8.50. The molecule has 0 spiro atoms. The van der Waals surface area contributed by atoms with Crippen molar-refractivity contribution < 1.29 is 4.79 Å². The highest BCUT2D eigenvalue weighted by atomic mass is 16.1. The van der Waals surface area contributed by atoms with Crippen LogP contribution >= 0.6 is 0 Å². The van der Waals surface area contributed by atoms with Crippen LogP contribution in [0.3, 0.4) is 0 Å². The van der Waals surface area contributed by atoms with E-state index in [4.69, 9.17) is 0 Å². The van der Waals surface area contributed by atoms with Crippen molar-refractivity contribution in [1.29, 1.82) is 0 Å². The summed E-state index contributed by atoms with van der Waals surface area (Å²) in [5.74, 6) is 0.590. The minimum Gasteiger partial charge on any atom is -0.316 e. The molecule has 1 heterocycles. The molecule has 0 aliphatic carbocycles. The number of anilines is 1. The van der Waals surface area contributed by atoms with E-state index in [1.165, 1.54) is 0 Å². The van der Waals surface area contributed by atoms with Gasteiger partial charge in [0, 0.05) is 18.5 Å². The van der Waals surface area contributed by atoms with Crippen LogP contribution in [-0.2, 0) is 4.79 Å². The third-order valence-electron chi connectivity index (χ3n) is 1.91. The van der Waals surface area contributed by atoms with Gasteiger partial charge in [-0.3, -0.25) is 9.89 Å². The van der Waals surface area contributed by atoms with Crippen molar-refractivity contribution in [3.63, 3.8) is 0 Å². The topological polar surface area (TPSA) is 69.8 Å². The summed E-state index contributed by atoms with van der Waals surface area (Å²) in [6.45, 7) is 5.46. The lowest BCUT2D eigenvalue weighted by molar-refractivity contribution is -0.119. The SMILES string of the molecule is CCNCC(C)C(=O)Nc1ccn[nH]1. The number of hydrogen-bond donors (Lipinski definition) is 3. The van der Waals surface area contributed by atoms with Crippen molar-refractivity contribution in [1.82, 2.24) is 15.5 Å². The second-order valence-corrected chi connectivity index (χ2v) is 3.17. The zero-order chi connectivity index (χ0) is 10.4. The highest BCUT2D eigenvalue weighted by Gasteiger charge is 2.12. The summed E-state index contributed by atoms with van der Waals surface area (Å²) in [5.41, 5.74) is 0. The molecule has 5 heteroatoms. The van der Waals surface area contributed by atoms with Crippen LogP contribution < -0.4 is 10.6 Å². The van der Waals surface area contributed by atoms with Gasteiger partial charge in [-0.25, -0.2) is 0 Å². The number of carbonyl (C=O) groups excluding carboxylic acids is 1. The summed E-state index contributed by atoms with van der Waals surface area (Å²) in [4.78, 5) is 11.5. The number of nitrogens with one attached hydrogen (secondary N) is 3. The molecule has 1 atom stereocenters. The Bertz CT molecular complexity index is 270. The predicted octanol–water partition coefficient (Wildman–Crippen LogP) is 0.594. The highest BCUT2D eigenvalue weighted by Crippen LogP contribution is 2.02. The van der Waals surface area contributed by atoms with E-state index >= 15 is 0 Å². The van der Waals surface area contributed by atoms with Crippen molar-refractivity contribution in [2.75, 3.05) is 18.4 Å². The van der Waals surface area contributed by atoms with Gasteiger partial charge in [0.05, 0.1) is 6.20 Å². The van der Waals surface area contributed by atoms with Crippen LogP contribution in [-0.4, -0.2) is 29.2 Å². The quantitative estimate of drug-likeness (QED) is 0.645. The van der Waals surface area contributed by atoms with E-state index in [9.17, 15) is 4.79 Å². The summed E-state index contributed by atoms with van der Waals surface area (Å²) < 4.78 is 0. The van der Waals surface area contributed by atoms with Crippen LogP contribution in [0, 0.1) is 5.92 Å². The Hall–Kier alpha value is -1.36. The molecule has 0 saturated heterocycles. The van der Waals surface area contributed by atoms with E-state index < -0.39 is 0 Å². The lowest BCUT2D eigenvalue weighted by Crippen LogP contribution is -2.30. The molecule has 0 aromatic carbocycles. The number of aromatic amines is 1. The fourth-order valence-corrected chi connectivity index (χ4v) is 1.03. The Morgan fingerprint density at radius 3 is 3.07 bits per heavy atom. The highest BCUT2D eigenvalue weighted by molar-refractivity contribution is 5.91. The zero-order valence-electron chi connectivity index (χ0n) is 8.50. The van der Waals surface area contributed by atoms with Crippen molar-refractivity contribution >= 4 is 11.7 Å². The Balaban J connectivity index is 2.34. The Kier molecular flexibility index (Phi) is 4.12. The molecule has 1 amide bonds. The van der Waals surface area contributed by atoms with Crippen LogP contribution in [0.25, 0.3) is 0 Å². The maximum Gasteiger partial charge on any atom is 0.229 e. The molecule has 5 nitrogen and oxygen atoms in total. The molecular formula is C9H16N4O. The van der Waals surface area contributed by atoms with E-state index in [0.717, 1.165) is 6.54 Å². The molecule has 0 saturated carbocycles. The van der Waals surface area contributed by atoms with Crippen molar-refractivity contribution in [3.8, 4) is 0 Å². The van der Waals surface area contributed by atoms with Gasteiger partial charge in [-0.05, 0) is 6.54 Å². The summed E-state index contributed by atoms with van der Waals surface area (Å²) >= 11 is 0. The third kappa shape index (κ3) is 3.18. The standard InChI is InChI=1S/C9H16N4O/c1-3-10-6-7(2)9(14)12-8-4-5-11-13-8/h4-5,7,10H,3,6H2,1-2H3,(H2,11,12,13,14). The monoisotopic (exact) mass is 196 g/mol. The third-order valence-corrected chi connectivity index (χ3v) is 1.91. The number of H-pyrrole nitrogens is 1.